The molecule has 0 fully saturated rings. The third kappa shape index (κ3) is 5.93. The van der Waals surface area contributed by atoms with E-state index >= 15 is 0 Å². The van der Waals surface area contributed by atoms with Crippen molar-refractivity contribution in [2.45, 2.75) is 25.4 Å². The standard InChI is InChI=1S/C35H32NOP/c37-35(27-15-18-29-16-5-1-6-17-29)36-34-26-14-13-19-30(34)28-38(31-20-7-2-8-21-31,32-22-9-3-10-23-32)33-24-11-4-12-25-33/h1-14,16-17,19-26H,15,18,27-28H2/p+1. The van der Waals surface area contributed by atoms with Crippen LogP contribution in [0.3, 0.4) is 0 Å². The third-order valence-corrected chi connectivity index (χ3v) is 11.4. The average molecular weight is 515 g/mol. The van der Waals surface area contributed by atoms with Crippen molar-refractivity contribution in [2.75, 3.05) is 5.32 Å². The number of anilines is 1. The lowest BCUT2D eigenvalue weighted by Gasteiger charge is -2.28. The molecule has 38 heavy (non-hydrogen) atoms. The average Bonchev–Trinajstić information content (AvgIpc) is 2.99. The molecule has 0 saturated carbocycles. The molecule has 3 heteroatoms. The molecule has 0 aromatic heterocycles. The minimum Gasteiger partial charge on any atom is -0.326 e. The first-order valence-electron chi connectivity index (χ1n) is 13.2. The smallest absolute Gasteiger partial charge is 0.224 e. The molecule has 5 aromatic rings. The number of nitrogens with one attached hydrogen (secondary N) is 1. The summed E-state index contributed by atoms with van der Waals surface area (Å²) in [7, 11) is -2.06. The summed E-state index contributed by atoms with van der Waals surface area (Å²) in [6.07, 6.45) is 3.05. The quantitative estimate of drug-likeness (QED) is 0.197. The maximum atomic E-state index is 13.0. The van der Waals surface area contributed by atoms with Crippen molar-refractivity contribution < 1.29 is 4.79 Å². The summed E-state index contributed by atoms with van der Waals surface area (Å²) in [6, 6.07) is 51.3. The van der Waals surface area contributed by atoms with Crippen molar-refractivity contribution in [3.63, 3.8) is 0 Å². The van der Waals surface area contributed by atoms with E-state index < -0.39 is 7.26 Å². The first-order valence-corrected chi connectivity index (χ1v) is 15.2. The summed E-state index contributed by atoms with van der Waals surface area (Å²) >= 11 is 0. The van der Waals surface area contributed by atoms with Crippen LogP contribution in [-0.2, 0) is 17.4 Å². The Balaban J connectivity index is 1.48. The van der Waals surface area contributed by atoms with Crippen molar-refractivity contribution in [1.82, 2.24) is 0 Å². The van der Waals surface area contributed by atoms with Gasteiger partial charge in [0.2, 0.25) is 5.91 Å². The molecule has 2 nitrogen and oxygen atoms in total. The number of hydrogen-bond donors (Lipinski definition) is 1. The molecule has 0 aliphatic carbocycles. The van der Waals surface area contributed by atoms with E-state index in [4.69, 9.17) is 0 Å². The van der Waals surface area contributed by atoms with Crippen molar-refractivity contribution >= 4 is 34.8 Å². The molecular formula is C35H33NOP+. The number of amides is 1. The first-order chi connectivity index (χ1) is 18.8. The van der Waals surface area contributed by atoms with Crippen LogP contribution in [0, 0.1) is 0 Å². The predicted octanol–water partition coefficient (Wildman–Crippen LogP) is 7.14. The Labute approximate surface area is 226 Å². The highest BCUT2D eigenvalue weighted by Crippen LogP contribution is 2.58. The van der Waals surface area contributed by atoms with Crippen LogP contribution in [0.25, 0.3) is 0 Å². The van der Waals surface area contributed by atoms with Crippen LogP contribution in [0.1, 0.15) is 24.0 Å². The number of para-hydroxylation sites is 1. The van der Waals surface area contributed by atoms with Crippen molar-refractivity contribution in [3.8, 4) is 0 Å². The van der Waals surface area contributed by atoms with E-state index in [9.17, 15) is 4.79 Å². The van der Waals surface area contributed by atoms with Crippen LogP contribution in [-0.4, -0.2) is 5.91 Å². The molecule has 0 unspecified atom stereocenters. The molecule has 0 atom stereocenters. The normalized spacial score (nSPS) is 11.2. The Morgan fingerprint density at radius 1 is 0.553 bits per heavy atom. The van der Waals surface area contributed by atoms with E-state index in [1.165, 1.54) is 21.5 Å². The van der Waals surface area contributed by atoms with E-state index in [0.717, 1.165) is 30.3 Å². The van der Waals surface area contributed by atoms with Gasteiger partial charge in [0.15, 0.2) is 0 Å². The number of carbonyl (C=O) groups is 1. The summed E-state index contributed by atoms with van der Waals surface area (Å²) in [5.41, 5.74) is 3.34. The molecule has 0 aliphatic rings. The van der Waals surface area contributed by atoms with Gasteiger partial charge < -0.3 is 5.32 Å². The van der Waals surface area contributed by atoms with Gasteiger partial charge in [0.1, 0.15) is 29.3 Å². The number of benzene rings is 5. The minimum atomic E-state index is -2.06. The fourth-order valence-corrected chi connectivity index (χ4v) is 9.39. The van der Waals surface area contributed by atoms with Crippen molar-refractivity contribution in [2.24, 2.45) is 0 Å². The van der Waals surface area contributed by atoms with E-state index in [2.05, 4.69) is 121 Å². The van der Waals surface area contributed by atoms with Gasteiger partial charge in [0.05, 0.1) is 0 Å². The van der Waals surface area contributed by atoms with Crippen LogP contribution < -0.4 is 21.2 Å². The lowest BCUT2D eigenvalue weighted by molar-refractivity contribution is -0.116. The molecule has 0 bridgehead atoms. The Kier molecular flexibility index (Phi) is 8.43. The van der Waals surface area contributed by atoms with Crippen molar-refractivity contribution in [3.05, 3.63) is 157 Å². The van der Waals surface area contributed by atoms with Gasteiger partial charge in [0, 0.05) is 17.7 Å². The Bertz CT molecular complexity index is 1340. The number of aryl methyl sites for hydroxylation is 1. The molecule has 1 N–H and O–H groups in total. The Morgan fingerprint density at radius 3 is 1.53 bits per heavy atom. The van der Waals surface area contributed by atoms with Crippen LogP contribution in [0.15, 0.2) is 146 Å². The second kappa shape index (κ2) is 12.5. The zero-order chi connectivity index (χ0) is 26.0. The van der Waals surface area contributed by atoms with Gasteiger partial charge in [-0.15, -0.1) is 0 Å². The zero-order valence-electron chi connectivity index (χ0n) is 21.5. The summed E-state index contributed by atoms with van der Waals surface area (Å²) in [4.78, 5) is 13.0. The monoisotopic (exact) mass is 514 g/mol. The highest BCUT2D eigenvalue weighted by Gasteiger charge is 2.45. The van der Waals surface area contributed by atoms with Gasteiger partial charge in [-0.2, -0.15) is 0 Å². The minimum absolute atomic E-state index is 0.0662. The largest absolute Gasteiger partial charge is 0.326 e. The van der Waals surface area contributed by atoms with E-state index in [1.54, 1.807) is 0 Å². The summed E-state index contributed by atoms with van der Waals surface area (Å²) in [6.45, 7) is 0. The van der Waals surface area contributed by atoms with E-state index in [0.29, 0.717) is 6.42 Å². The highest BCUT2D eigenvalue weighted by atomic mass is 31.2. The maximum absolute atomic E-state index is 13.0. The molecule has 5 aromatic carbocycles. The van der Waals surface area contributed by atoms with Crippen LogP contribution >= 0.6 is 7.26 Å². The predicted molar refractivity (Wildman–Crippen MR) is 163 cm³/mol. The Hall–Kier alpha value is -4.00. The Morgan fingerprint density at radius 2 is 1.00 bits per heavy atom. The lowest BCUT2D eigenvalue weighted by atomic mass is 10.1. The molecular weight excluding hydrogens is 481 g/mol. The van der Waals surface area contributed by atoms with Gasteiger partial charge in [-0.3, -0.25) is 4.79 Å². The zero-order valence-corrected chi connectivity index (χ0v) is 22.4. The van der Waals surface area contributed by atoms with E-state index in [1.807, 2.05) is 30.3 Å². The van der Waals surface area contributed by atoms with Crippen LogP contribution in [0.5, 0.6) is 0 Å². The third-order valence-electron chi connectivity index (χ3n) is 7.00. The number of carbonyl (C=O) groups excluding carboxylic acids is 1. The summed E-state index contributed by atoms with van der Waals surface area (Å²) in [5.74, 6) is 0.0662. The molecule has 0 radical (unpaired) electrons. The molecule has 0 saturated heterocycles. The molecule has 0 spiro atoms. The van der Waals surface area contributed by atoms with Gasteiger partial charge in [-0.25, -0.2) is 0 Å². The SMILES string of the molecule is O=C(CCCc1ccccc1)Nc1ccccc1C[P+](c1ccccc1)(c1ccccc1)c1ccccc1. The van der Waals surface area contributed by atoms with Gasteiger partial charge in [0.25, 0.3) is 0 Å². The summed E-state index contributed by atoms with van der Waals surface area (Å²) < 4.78 is 0. The highest BCUT2D eigenvalue weighted by molar-refractivity contribution is 7.95. The topological polar surface area (TPSA) is 29.1 Å². The molecule has 0 heterocycles. The van der Waals surface area contributed by atoms with Gasteiger partial charge >= 0.3 is 0 Å². The van der Waals surface area contributed by atoms with Gasteiger partial charge in [-0.05, 0) is 60.9 Å². The second-order valence-corrected chi connectivity index (χ2v) is 13.0. The second-order valence-electron chi connectivity index (χ2n) is 9.52. The van der Waals surface area contributed by atoms with Crippen molar-refractivity contribution in [1.29, 1.82) is 0 Å². The number of rotatable bonds is 10. The lowest BCUT2D eigenvalue weighted by Crippen LogP contribution is -2.32. The molecule has 5 rings (SSSR count). The van der Waals surface area contributed by atoms with Gasteiger partial charge in [-0.1, -0.05) is 103 Å². The fraction of sp³-hybridized carbons (Fsp3) is 0.114. The molecule has 1 amide bonds. The molecule has 188 valence electrons. The van der Waals surface area contributed by atoms with E-state index in [-0.39, 0.29) is 5.91 Å². The number of hydrogen-bond acceptors (Lipinski definition) is 1. The summed E-state index contributed by atoms with van der Waals surface area (Å²) in [5, 5.41) is 7.26. The maximum Gasteiger partial charge on any atom is 0.224 e. The first kappa shape index (κ1) is 25.6. The van der Waals surface area contributed by atoms with Crippen LogP contribution in [0.4, 0.5) is 5.69 Å². The fourth-order valence-electron chi connectivity index (χ4n) is 5.11. The van der Waals surface area contributed by atoms with Crippen LogP contribution in [0.2, 0.25) is 0 Å². The molecule has 0 aliphatic heterocycles.